The zero-order valence-corrected chi connectivity index (χ0v) is 23.4. The van der Waals surface area contributed by atoms with Crippen LogP contribution in [0.1, 0.15) is 60.8 Å². The van der Waals surface area contributed by atoms with Crippen molar-refractivity contribution in [2.75, 3.05) is 13.1 Å². The third-order valence-corrected chi connectivity index (χ3v) is 9.33. The van der Waals surface area contributed by atoms with Crippen molar-refractivity contribution in [1.82, 2.24) is 4.90 Å². The Bertz CT molecular complexity index is 1640. The van der Waals surface area contributed by atoms with Crippen molar-refractivity contribution in [2.24, 2.45) is 5.92 Å². The summed E-state index contributed by atoms with van der Waals surface area (Å²) in [6.45, 7) is 5.64. The Morgan fingerprint density at radius 1 is 1.05 bits per heavy atom. The second-order valence-corrected chi connectivity index (χ2v) is 11.6. The van der Waals surface area contributed by atoms with E-state index in [1.165, 1.54) is 16.3 Å². The molecule has 2 fully saturated rings. The van der Waals surface area contributed by atoms with Gasteiger partial charge in [0.15, 0.2) is 0 Å². The first-order valence-corrected chi connectivity index (χ1v) is 14.5. The van der Waals surface area contributed by atoms with Crippen LogP contribution in [0, 0.1) is 19.8 Å². The van der Waals surface area contributed by atoms with Crippen molar-refractivity contribution in [3.63, 3.8) is 0 Å². The van der Waals surface area contributed by atoms with Crippen LogP contribution in [0.4, 0.5) is 0 Å². The van der Waals surface area contributed by atoms with Crippen LogP contribution in [0.3, 0.4) is 0 Å². The van der Waals surface area contributed by atoms with Crippen molar-refractivity contribution >= 4 is 27.6 Å². The number of benzene rings is 3. The Labute approximate surface area is 234 Å². The number of fused-ring (bicyclic) bond motifs is 3. The molecule has 1 aliphatic heterocycles. The molecule has 2 heterocycles. The minimum atomic E-state index is -0.609. The molecule has 3 aromatic carbocycles. The van der Waals surface area contributed by atoms with Gasteiger partial charge in [-0.3, -0.25) is 4.79 Å². The molecule has 6 rings (SSSR count). The summed E-state index contributed by atoms with van der Waals surface area (Å²) >= 11 is 0. The summed E-state index contributed by atoms with van der Waals surface area (Å²) in [5, 5.41) is 14.2. The Balaban J connectivity index is 1.13. The average molecular weight is 540 g/mol. The van der Waals surface area contributed by atoms with Gasteiger partial charge in [-0.15, -0.1) is 0 Å². The van der Waals surface area contributed by atoms with Crippen molar-refractivity contribution in [3.05, 3.63) is 87.3 Å². The normalized spacial score (nSPS) is 21.0. The molecule has 4 aromatic rings. The highest BCUT2D eigenvalue weighted by molar-refractivity contribution is 5.86. The van der Waals surface area contributed by atoms with Gasteiger partial charge in [0.25, 0.3) is 0 Å². The van der Waals surface area contributed by atoms with E-state index in [0.717, 1.165) is 42.2 Å². The molecule has 40 heavy (non-hydrogen) atoms. The lowest BCUT2D eigenvalue weighted by molar-refractivity contribution is -0.143. The fourth-order valence-electron chi connectivity index (χ4n) is 6.73. The molecule has 1 saturated heterocycles. The maximum absolute atomic E-state index is 13.1. The van der Waals surface area contributed by atoms with E-state index in [9.17, 15) is 14.7 Å². The largest absolute Gasteiger partial charge is 0.489 e. The highest BCUT2D eigenvalue weighted by atomic mass is 16.5. The number of likely N-dealkylation sites (tertiary alicyclic amines) is 1. The van der Waals surface area contributed by atoms with Crippen molar-refractivity contribution < 1.29 is 19.1 Å². The number of nitrogens with zero attached hydrogens (tertiary/aromatic N) is 1. The zero-order valence-electron chi connectivity index (χ0n) is 23.4. The monoisotopic (exact) mass is 539 g/mol. The van der Waals surface area contributed by atoms with E-state index in [1.54, 1.807) is 6.07 Å². The van der Waals surface area contributed by atoms with Gasteiger partial charge in [-0.2, -0.15) is 0 Å². The van der Waals surface area contributed by atoms with Crippen molar-refractivity contribution in [1.29, 1.82) is 0 Å². The lowest BCUT2D eigenvalue weighted by Gasteiger charge is -2.47. The number of aryl methyl sites for hydroxylation is 2. The summed E-state index contributed by atoms with van der Waals surface area (Å²) in [5.41, 5.74) is 3.17. The number of hydrogen-bond acceptors (Lipinski definition) is 5. The number of rotatable bonds is 6. The minimum Gasteiger partial charge on any atom is -0.489 e. The van der Waals surface area contributed by atoms with E-state index in [4.69, 9.17) is 9.15 Å². The molecule has 1 aromatic heterocycles. The highest BCUT2D eigenvalue weighted by Gasteiger charge is 2.43. The van der Waals surface area contributed by atoms with Crippen LogP contribution in [-0.4, -0.2) is 34.6 Å². The quantitative estimate of drug-likeness (QED) is 0.294. The van der Waals surface area contributed by atoms with E-state index >= 15 is 0 Å². The smallest absolute Gasteiger partial charge is 0.339 e. The number of amides is 1. The number of hydrogen-bond donors (Lipinski definition) is 1. The molecule has 2 aliphatic rings. The minimum absolute atomic E-state index is 0.0410. The summed E-state index contributed by atoms with van der Waals surface area (Å²) in [7, 11) is 0. The van der Waals surface area contributed by atoms with Crippen LogP contribution in [0.2, 0.25) is 0 Å². The Kier molecular flexibility index (Phi) is 7.13. The molecule has 0 unspecified atom stereocenters. The van der Waals surface area contributed by atoms with E-state index in [1.807, 2.05) is 36.1 Å². The van der Waals surface area contributed by atoms with E-state index in [0.29, 0.717) is 49.4 Å². The topological polar surface area (TPSA) is 80.0 Å². The Morgan fingerprint density at radius 2 is 1.90 bits per heavy atom. The molecule has 1 saturated carbocycles. The van der Waals surface area contributed by atoms with Gasteiger partial charge in [0.05, 0.1) is 5.60 Å². The second kappa shape index (κ2) is 10.7. The molecule has 1 amide bonds. The predicted octanol–water partition coefficient (Wildman–Crippen LogP) is 6.23. The van der Waals surface area contributed by atoms with Crippen molar-refractivity contribution in [2.45, 2.75) is 71.0 Å². The van der Waals surface area contributed by atoms with Gasteiger partial charge < -0.3 is 19.2 Å². The number of aliphatic hydroxyl groups is 1. The molecule has 6 heteroatoms. The fourth-order valence-corrected chi connectivity index (χ4v) is 6.73. The molecule has 2 atom stereocenters. The molecule has 6 nitrogen and oxygen atoms in total. The van der Waals surface area contributed by atoms with Gasteiger partial charge in [-0.1, -0.05) is 49.2 Å². The molecule has 0 bridgehead atoms. The lowest BCUT2D eigenvalue weighted by Crippen LogP contribution is -2.54. The van der Waals surface area contributed by atoms with Crippen LogP contribution < -0.4 is 10.4 Å². The van der Waals surface area contributed by atoms with Gasteiger partial charge in [0.1, 0.15) is 17.9 Å². The third-order valence-electron chi connectivity index (χ3n) is 9.33. The average Bonchev–Trinajstić information content (AvgIpc) is 2.96. The molecule has 0 radical (unpaired) electrons. The first kappa shape index (κ1) is 26.6. The number of piperidine rings is 1. The zero-order chi connectivity index (χ0) is 27.9. The van der Waals surface area contributed by atoms with Crippen LogP contribution in [0.15, 0.2) is 63.8 Å². The summed E-state index contributed by atoms with van der Waals surface area (Å²) in [5.74, 6) is 0.838. The SMILES string of the molecule is Cc1c(COc2ccc3c(C)c(CCC(=O)N4CC[C@@]5(O)CCCC[C@@H]5C4)c(=O)oc3c2)ccc2ccccc12. The molecule has 1 N–H and O–H groups in total. The van der Waals surface area contributed by atoms with Crippen LogP contribution in [-0.2, 0) is 17.8 Å². The van der Waals surface area contributed by atoms with Gasteiger partial charge in [-0.05, 0) is 79.1 Å². The fraction of sp³-hybridized carbons (Fsp3) is 0.412. The maximum Gasteiger partial charge on any atom is 0.339 e. The predicted molar refractivity (Wildman–Crippen MR) is 157 cm³/mol. The first-order chi connectivity index (χ1) is 19.3. The number of carbonyl (C=O) groups excluding carboxylic acids is 1. The van der Waals surface area contributed by atoms with Crippen LogP contribution >= 0.6 is 0 Å². The Morgan fingerprint density at radius 3 is 2.77 bits per heavy atom. The lowest BCUT2D eigenvalue weighted by atomic mass is 9.71. The van der Waals surface area contributed by atoms with Crippen molar-refractivity contribution in [3.8, 4) is 5.75 Å². The summed E-state index contributed by atoms with van der Waals surface area (Å²) in [4.78, 5) is 27.9. The van der Waals surface area contributed by atoms with Gasteiger partial charge >= 0.3 is 5.63 Å². The molecule has 0 spiro atoms. The van der Waals surface area contributed by atoms with Gasteiger partial charge in [0.2, 0.25) is 5.91 Å². The van der Waals surface area contributed by atoms with E-state index < -0.39 is 11.2 Å². The van der Waals surface area contributed by atoms with Crippen LogP contribution in [0.25, 0.3) is 21.7 Å². The molecular weight excluding hydrogens is 502 g/mol. The van der Waals surface area contributed by atoms with Gasteiger partial charge in [-0.25, -0.2) is 4.79 Å². The summed E-state index contributed by atoms with van der Waals surface area (Å²) in [6, 6.07) is 18.1. The summed E-state index contributed by atoms with van der Waals surface area (Å²) < 4.78 is 11.8. The van der Waals surface area contributed by atoms with Crippen LogP contribution in [0.5, 0.6) is 5.75 Å². The maximum atomic E-state index is 13.1. The molecular formula is C34H37NO5. The number of carbonyl (C=O) groups is 1. The number of ether oxygens (including phenoxy) is 1. The second-order valence-electron chi connectivity index (χ2n) is 11.6. The van der Waals surface area contributed by atoms with E-state index in [2.05, 4.69) is 31.2 Å². The highest BCUT2D eigenvalue weighted by Crippen LogP contribution is 2.40. The van der Waals surface area contributed by atoms with E-state index in [-0.39, 0.29) is 18.2 Å². The first-order valence-electron chi connectivity index (χ1n) is 14.5. The van der Waals surface area contributed by atoms with Gasteiger partial charge in [0, 0.05) is 42.4 Å². The molecule has 1 aliphatic carbocycles. The Hall–Kier alpha value is -3.64. The standard InChI is InChI=1S/C34H37NO5/c1-22-25(11-10-24-7-3-4-9-28(22)24)21-39-27-12-13-29-23(2)30(33(37)40-31(29)19-27)14-15-32(36)35-18-17-34(38)16-6-5-8-26(34)20-35/h3-4,7,9-13,19,26,38H,5-6,8,14-18,20-21H2,1-2H3/t26-,34+/m1/s1. The molecule has 208 valence electrons. The third kappa shape index (κ3) is 5.01. The summed E-state index contributed by atoms with van der Waals surface area (Å²) in [6.07, 6.45) is 5.24.